The van der Waals surface area contributed by atoms with Gasteiger partial charge in [-0.3, -0.25) is 4.79 Å². The maximum Gasteiger partial charge on any atom is 0.246 e. The Labute approximate surface area is 129 Å². The Kier molecular flexibility index (Phi) is 3.82. The first kappa shape index (κ1) is 14.6. The maximum absolute atomic E-state index is 11.9. The Morgan fingerprint density at radius 2 is 2.29 bits per heavy atom. The molecule has 3 rings (SSSR count). The van der Waals surface area contributed by atoms with Crippen molar-refractivity contribution in [1.82, 2.24) is 5.32 Å². The van der Waals surface area contributed by atoms with E-state index in [-0.39, 0.29) is 24.0 Å². The lowest BCUT2D eigenvalue weighted by molar-refractivity contribution is -0.117. The molecule has 1 aromatic carbocycles. The number of likely N-dealkylation sites (N-methyl/N-ethyl adjacent to an activating group) is 1. The molecule has 0 aliphatic carbocycles. The number of hydrogen-bond acceptors (Lipinski definition) is 4. The number of carbonyl (C=O) groups is 1. The number of aliphatic hydroxyl groups excluding tert-OH is 1. The zero-order chi connectivity index (χ0) is 15.1. The molecular formula is C15H20ClN3O2. The van der Waals surface area contributed by atoms with Gasteiger partial charge in [-0.25, -0.2) is 0 Å². The predicted octanol–water partition coefficient (Wildman–Crippen LogP) is 1.76. The highest BCUT2D eigenvalue weighted by Crippen LogP contribution is 2.40. The zero-order valence-electron chi connectivity index (χ0n) is 12.2. The summed E-state index contributed by atoms with van der Waals surface area (Å²) in [6.07, 6.45) is 0.646. The van der Waals surface area contributed by atoms with Gasteiger partial charge in [0.05, 0.1) is 16.8 Å². The van der Waals surface area contributed by atoms with Gasteiger partial charge in [-0.2, -0.15) is 0 Å². The highest BCUT2D eigenvalue weighted by atomic mass is 35.5. The first-order valence-electron chi connectivity index (χ1n) is 7.26. The number of hydrogen-bond donors (Lipinski definition) is 3. The minimum absolute atomic E-state index is 0.0519. The third kappa shape index (κ3) is 2.50. The number of benzene rings is 1. The van der Waals surface area contributed by atoms with Gasteiger partial charge < -0.3 is 20.6 Å². The van der Waals surface area contributed by atoms with Crippen molar-refractivity contribution in [2.75, 3.05) is 30.4 Å². The number of rotatable bonds is 3. The van der Waals surface area contributed by atoms with Crippen LogP contribution in [0.4, 0.5) is 11.4 Å². The van der Waals surface area contributed by atoms with E-state index in [9.17, 15) is 9.90 Å². The van der Waals surface area contributed by atoms with Gasteiger partial charge in [0.25, 0.3) is 0 Å². The fourth-order valence-electron chi connectivity index (χ4n) is 3.20. The van der Waals surface area contributed by atoms with Gasteiger partial charge in [0, 0.05) is 30.3 Å². The van der Waals surface area contributed by atoms with Crippen LogP contribution in [0, 0.1) is 5.92 Å². The third-order valence-electron chi connectivity index (χ3n) is 4.49. The standard InChI is InChI=1S/C15H20ClN3O2/c1-8(20)9-3-4-19(7-9)13-6-12-10(5-11(13)16)14(17-2)15(21)18-12/h5-6,8-9,14,17,20H,3-4,7H2,1-2H3,(H,18,21). The highest BCUT2D eigenvalue weighted by molar-refractivity contribution is 6.33. The molecule has 1 saturated heterocycles. The van der Waals surface area contributed by atoms with Crippen molar-refractivity contribution < 1.29 is 9.90 Å². The molecule has 3 unspecified atom stereocenters. The number of anilines is 2. The second kappa shape index (κ2) is 5.48. The number of carbonyl (C=O) groups excluding carboxylic acids is 1. The molecule has 0 aromatic heterocycles. The van der Waals surface area contributed by atoms with Crippen LogP contribution in [-0.2, 0) is 4.79 Å². The van der Waals surface area contributed by atoms with E-state index in [1.165, 1.54) is 0 Å². The smallest absolute Gasteiger partial charge is 0.246 e. The van der Waals surface area contributed by atoms with Gasteiger partial charge >= 0.3 is 0 Å². The molecule has 1 amide bonds. The highest BCUT2D eigenvalue weighted by Gasteiger charge is 2.32. The molecule has 0 radical (unpaired) electrons. The van der Waals surface area contributed by atoms with E-state index in [4.69, 9.17) is 11.6 Å². The van der Waals surface area contributed by atoms with E-state index in [1.807, 2.05) is 19.1 Å². The van der Waals surface area contributed by atoms with Crippen LogP contribution < -0.4 is 15.5 Å². The summed E-state index contributed by atoms with van der Waals surface area (Å²) in [4.78, 5) is 14.1. The van der Waals surface area contributed by atoms with Crippen LogP contribution in [-0.4, -0.2) is 37.3 Å². The minimum Gasteiger partial charge on any atom is -0.393 e. The van der Waals surface area contributed by atoms with Crippen LogP contribution in [0.1, 0.15) is 24.9 Å². The first-order chi connectivity index (χ1) is 10.0. The monoisotopic (exact) mass is 309 g/mol. The number of amides is 1. The molecular weight excluding hydrogens is 290 g/mol. The molecule has 21 heavy (non-hydrogen) atoms. The summed E-state index contributed by atoms with van der Waals surface area (Å²) in [5.74, 6) is 0.220. The van der Waals surface area contributed by atoms with E-state index in [0.29, 0.717) is 5.02 Å². The molecule has 3 N–H and O–H groups in total. The maximum atomic E-state index is 11.9. The van der Waals surface area contributed by atoms with Crippen LogP contribution in [0.5, 0.6) is 0 Å². The molecule has 2 aliphatic heterocycles. The Morgan fingerprint density at radius 1 is 1.52 bits per heavy atom. The van der Waals surface area contributed by atoms with E-state index >= 15 is 0 Å². The molecule has 5 nitrogen and oxygen atoms in total. The molecule has 0 saturated carbocycles. The molecule has 1 aromatic rings. The van der Waals surface area contributed by atoms with Gasteiger partial charge in [0.1, 0.15) is 6.04 Å². The topological polar surface area (TPSA) is 64.6 Å². The average molecular weight is 310 g/mol. The summed E-state index contributed by atoms with van der Waals surface area (Å²) in [5.41, 5.74) is 2.64. The van der Waals surface area contributed by atoms with Crippen LogP contribution in [0.2, 0.25) is 5.02 Å². The lowest BCUT2D eigenvalue weighted by atomic mass is 10.0. The van der Waals surface area contributed by atoms with Crippen molar-refractivity contribution in [2.45, 2.75) is 25.5 Å². The summed E-state index contributed by atoms with van der Waals surface area (Å²) in [7, 11) is 1.76. The van der Waals surface area contributed by atoms with Crippen molar-refractivity contribution in [1.29, 1.82) is 0 Å². The molecule has 114 valence electrons. The summed E-state index contributed by atoms with van der Waals surface area (Å²) in [5, 5.41) is 16.2. The molecule has 1 fully saturated rings. The molecule has 0 spiro atoms. The Balaban J connectivity index is 1.89. The second-order valence-corrected chi connectivity index (χ2v) is 6.24. The van der Waals surface area contributed by atoms with Crippen molar-refractivity contribution in [3.8, 4) is 0 Å². The number of nitrogens with one attached hydrogen (secondary N) is 2. The van der Waals surface area contributed by atoms with Gasteiger partial charge in [-0.15, -0.1) is 0 Å². The molecule has 3 atom stereocenters. The van der Waals surface area contributed by atoms with E-state index in [2.05, 4.69) is 15.5 Å². The normalized spacial score (nSPS) is 25.9. The molecule has 2 heterocycles. The number of aliphatic hydroxyl groups is 1. The first-order valence-corrected chi connectivity index (χ1v) is 7.63. The Hall–Kier alpha value is -1.30. The Bertz CT molecular complexity index is 576. The van der Waals surface area contributed by atoms with Gasteiger partial charge in [-0.1, -0.05) is 11.6 Å². The van der Waals surface area contributed by atoms with Crippen molar-refractivity contribution in [3.05, 3.63) is 22.7 Å². The fourth-order valence-corrected chi connectivity index (χ4v) is 3.49. The number of halogens is 1. The predicted molar refractivity (Wildman–Crippen MR) is 83.9 cm³/mol. The van der Waals surface area contributed by atoms with Crippen LogP contribution in [0.15, 0.2) is 12.1 Å². The van der Waals surface area contributed by atoms with Crippen LogP contribution in [0.25, 0.3) is 0 Å². The van der Waals surface area contributed by atoms with Crippen molar-refractivity contribution in [2.24, 2.45) is 5.92 Å². The summed E-state index contributed by atoms with van der Waals surface area (Å²) in [6, 6.07) is 3.47. The number of fused-ring (bicyclic) bond motifs is 1. The van der Waals surface area contributed by atoms with Gasteiger partial charge in [-0.05, 0) is 32.5 Å². The lowest BCUT2D eigenvalue weighted by Gasteiger charge is -2.22. The van der Waals surface area contributed by atoms with Gasteiger partial charge in [0.2, 0.25) is 5.91 Å². The lowest BCUT2D eigenvalue weighted by Crippen LogP contribution is -2.24. The van der Waals surface area contributed by atoms with Crippen LogP contribution in [0.3, 0.4) is 0 Å². The van der Waals surface area contributed by atoms with E-state index in [1.54, 1.807) is 7.05 Å². The zero-order valence-corrected chi connectivity index (χ0v) is 12.9. The molecule has 2 aliphatic rings. The third-order valence-corrected chi connectivity index (χ3v) is 4.79. The quantitative estimate of drug-likeness (QED) is 0.796. The van der Waals surface area contributed by atoms with Crippen molar-refractivity contribution >= 4 is 28.9 Å². The van der Waals surface area contributed by atoms with Crippen molar-refractivity contribution in [3.63, 3.8) is 0 Å². The van der Waals surface area contributed by atoms with Crippen LogP contribution >= 0.6 is 11.6 Å². The molecule has 6 heteroatoms. The summed E-state index contributed by atoms with van der Waals surface area (Å²) >= 11 is 6.41. The number of nitrogens with zero attached hydrogens (tertiary/aromatic N) is 1. The minimum atomic E-state index is -0.338. The SMILES string of the molecule is CNC1C(=O)Nc2cc(N3CCC(C(C)O)C3)c(Cl)cc21. The van der Waals surface area contributed by atoms with E-state index < -0.39 is 0 Å². The Morgan fingerprint density at radius 3 is 2.90 bits per heavy atom. The summed E-state index contributed by atoms with van der Waals surface area (Å²) in [6.45, 7) is 3.49. The average Bonchev–Trinajstić information content (AvgIpc) is 3.01. The largest absolute Gasteiger partial charge is 0.393 e. The molecule has 0 bridgehead atoms. The fraction of sp³-hybridized carbons (Fsp3) is 0.533. The second-order valence-electron chi connectivity index (χ2n) is 5.84. The summed E-state index contributed by atoms with van der Waals surface area (Å²) < 4.78 is 0. The van der Waals surface area contributed by atoms with Gasteiger partial charge in [0.15, 0.2) is 0 Å². The van der Waals surface area contributed by atoms with E-state index in [0.717, 1.165) is 36.4 Å².